The largest absolute Gasteiger partial charge is 0.417 e. The Morgan fingerprint density at radius 1 is 1.06 bits per heavy atom. The highest BCUT2D eigenvalue weighted by Gasteiger charge is 2.49. The van der Waals surface area contributed by atoms with Crippen molar-refractivity contribution < 1.29 is 9.28 Å². The van der Waals surface area contributed by atoms with E-state index in [0.29, 0.717) is 11.0 Å². The topological polar surface area (TPSA) is 54.9 Å². The van der Waals surface area contributed by atoms with Gasteiger partial charge < -0.3 is 5.32 Å². The van der Waals surface area contributed by atoms with Gasteiger partial charge in [0.15, 0.2) is 6.04 Å². The Labute approximate surface area is 207 Å². The maximum absolute atomic E-state index is 14.0. The number of carbonyl (C=O) groups excluding carboxylic acids is 1. The molecule has 3 aromatic rings. The minimum atomic E-state index is -0.152. The lowest BCUT2D eigenvalue weighted by molar-refractivity contribution is -0.881. The van der Waals surface area contributed by atoms with E-state index >= 15 is 0 Å². The Kier molecular flexibility index (Phi) is 6.50. The van der Waals surface area contributed by atoms with E-state index in [0.717, 1.165) is 65.9 Å². The van der Waals surface area contributed by atoms with E-state index in [1.807, 2.05) is 24.4 Å². The number of rotatable bonds is 3. The van der Waals surface area contributed by atoms with Gasteiger partial charge in [-0.2, -0.15) is 0 Å². The van der Waals surface area contributed by atoms with Crippen LogP contribution in [-0.4, -0.2) is 33.6 Å². The summed E-state index contributed by atoms with van der Waals surface area (Å²) >= 11 is 10.0. The Morgan fingerprint density at radius 2 is 1.82 bits per heavy atom. The van der Waals surface area contributed by atoms with Crippen LogP contribution in [0.1, 0.15) is 53.3 Å². The number of carbonyl (C=O) groups is 1. The average molecular weight is 527 g/mol. The third-order valence-electron chi connectivity index (χ3n) is 7.00. The molecule has 1 N–H and O–H groups in total. The van der Waals surface area contributed by atoms with Gasteiger partial charge in [0.2, 0.25) is 0 Å². The number of benzene rings is 1. The van der Waals surface area contributed by atoms with Gasteiger partial charge in [-0.15, -0.1) is 0 Å². The zero-order chi connectivity index (χ0) is 22.8. The molecule has 1 unspecified atom stereocenters. The molecule has 170 valence electrons. The van der Waals surface area contributed by atoms with Crippen molar-refractivity contribution in [3.05, 3.63) is 92.4 Å². The van der Waals surface area contributed by atoms with Crippen molar-refractivity contribution >= 4 is 33.6 Å². The third-order valence-corrected chi connectivity index (χ3v) is 7.67. The number of likely N-dealkylation sites (tertiary alicyclic amines) is 1. The van der Waals surface area contributed by atoms with E-state index in [9.17, 15) is 4.79 Å². The highest BCUT2D eigenvalue weighted by Crippen LogP contribution is 2.43. The molecule has 0 saturated carbocycles. The van der Waals surface area contributed by atoms with Crippen molar-refractivity contribution in [3.8, 4) is 0 Å². The van der Waals surface area contributed by atoms with E-state index in [4.69, 9.17) is 16.6 Å². The lowest BCUT2D eigenvalue weighted by Crippen LogP contribution is -2.61. The standard InChI is InChI=1S/C26H26BrClN4O/c27-21-14-20-5-4-19-15-22(28)6-7-23(19)25(24(20)30-17-21)32(12-2-1-3-13-32)26(33)31-16-18-8-10-29-11-9-18/h6-11,14-15,17,25H,1-5,12-13,16H2/p+1. The van der Waals surface area contributed by atoms with Gasteiger partial charge in [-0.05, 0) is 95.1 Å². The van der Waals surface area contributed by atoms with Crippen molar-refractivity contribution in [1.82, 2.24) is 15.3 Å². The maximum Gasteiger partial charge on any atom is 0.417 e. The predicted molar refractivity (Wildman–Crippen MR) is 133 cm³/mol. The first-order chi connectivity index (χ1) is 16.1. The fourth-order valence-corrected chi connectivity index (χ4v) is 5.98. The summed E-state index contributed by atoms with van der Waals surface area (Å²) in [5.74, 6) is 0. The van der Waals surface area contributed by atoms with Gasteiger partial charge in [0.25, 0.3) is 0 Å². The van der Waals surface area contributed by atoms with Crippen LogP contribution in [0, 0.1) is 0 Å². The SMILES string of the molecule is O=C(NCc1ccncc1)[N+]1(C2c3ccc(Cl)cc3CCc3cc(Br)cnc32)CCCCC1. The highest BCUT2D eigenvalue weighted by atomic mass is 79.9. The number of halogens is 2. The van der Waals surface area contributed by atoms with Crippen LogP contribution < -0.4 is 5.32 Å². The van der Waals surface area contributed by atoms with Gasteiger partial charge in [-0.3, -0.25) is 9.97 Å². The number of hydrogen-bond acceptors (Lipinski definition) is 3. The van der Waals surface area contributed by atoms with Crippen LogP contribution in [0.2, 0.25) is 5.02 Å². The summed E-state index contributed by atoms with van der Waals surface area (Å²) in [6.45, 7) is 2.08. The number of hydrogen-bond donors (Lipinski definition) is 1. The monoisotopic (exact) mass is 525 g/mol. The molecule has 1 saturated heterocycles. The quantitative estimate of drug-likeness (QED) is 0.427. The number of piperidine rings is 1. The number of aromatic nitrogens is 2. The highest BCUT2D eigenvalue weighted by molar-refractivity contribution is 9.10. The number of amides is 2. The van der Waals surface area contributed by atoms with Gasteiger partial charge >= 0.3 is 6.03 Å². The molecule has 0 spiro atoms. The molecule has 1 aromatic carbocycles. The van der Waals surface area contributed by atoms with Gasteiger partial charge in [0, 0.05) is 40.2 Å². The minimum Gasteiger partial charge on any atom is -0.301 e. The number of aryl methyl sites for hydroxylation is 2. The van der Waals surface area contributed by atoms with Crippen molar-refractivity contribution in [1.29, 1.82) is 0 Å². The molecular weight excluding hydrogens is 500 g/mol. The third kappa shape index (κ3) is 4.44. The molecule has 2 aromatic heterocycles. The van der Waals surface area contributed by atoms with Crippen LogP contribution in [0.25, 0.3) is 0 Å². The lowest BCUT2D eigenvalue weighted by Gasteiger charge is -2.44. The molecule has 5 rings (SSSR count). The van der Waals surface area contributed by atoms with Crippen molar-refractivity contribution in [2.75, 3.05) is 13.1 Å². The van der Waals surface area contributed by atoms with Crippen LogP contribution >= 0.6 is 27.5 Å². The lowest BCUT2D eigenvalue weighted by atomic mass is 9.92. The van der Waals surface area contributed by atoms with Gasteiger partial charge in [-0.1, -0.05) is 17.7 Å². The molecule has 7 heteroatoms. The molecule has 0 bridgehead atoms. The molecule has 1 aliphatic heterocycles. The Bertz CT molecular complexity index is 1110. The zero-order valence-electron chi connectivity index (χ0n) is 18.4. The second-order valence-electron chi connectivity index (χ2n) is 9.00. The summed E-state index contributed by atoms with van der Waals surface area (Å²) in [4.78, 5) is 23.0. The normalized spacial score (nSPS) is 19.2. The number of pyridine rings is 2. The van der Waals surface area contributed by atoms with Crippen LogP contribution in [0.5, 0.6) is 0 Å². The van der Waals surface area contributed by atoms with Crippen molar-refractivity contribution in [2.45, 2.75) is 44.7 Å². The number of quaternary nitrogens is 1. The van der Waals surface area contributed by atoms with Crippen LogP contribution in [0.4, 0.5) is 4.79 Å². The number of urea groups is 1. The van der Waals surface area contributed by atoms with E-state index in [1.165, 1.54) is 16.7 Å². The van der Waals surface area contributed by atoms with E-state index in [-0.39, 0.29) is 12.1 Å². The fourth-order valence-electron chi connectivity index (χ4n) is 5.40. The van der Waals surface area contributed by atoms with Crippen LogP contribution in [-0.2, 0) is 19.4 Å². The van der Waals surface area contributed by atoms with Gasteiger partial charge in [0.05, 0.1) is 13.1 Å². The van der Waals surface area contributed by atoms with E-state index in [1.54, 1.807) is 12.4 Å². The Hall–Kier alpha value is -2.28. The van der Waals surface area contributed by atoms with Crippen molar-refractivity contribution in [2.24, 2.45) is 0 Å². The molecular formula is C26H27BrClN4O+. The maximum atomic E-state index is 14.0. The second-order valence-corrected chi connectivity index (χ2v) is 10.4. The summed E-state index contributed by atoms with van der Waals surface area (Å²) in [6, 6.07) is 12.1. The minimum absolute atomic E-state index is 0.0648. The molecule has 2 amide bonds. The molecule has 2 aliphatic rings. The van der Waals surface area contributed by atoms with Gasteiger partial charge in [0.1, 0.15) is 5.69 Å². The smallest absolute Gasteiger partial charge is 0.301 e. The Balaban J connectivity index is 1.62. The molecule has 0 radical (unpaired) electrons. The first-order valence-electron chi connectivity index (χ1n) is 11.5. The molecule has 1 aliphatic carbocycles. The Morgan fingerprint density at radius 3 is 2.61 bits per heavy atom. The molecule has 33 heavy (non-hydrogen) atoms. The predicted octanol–water partition coefficient (Wildman–Crippen LogP) is 5.99. The van der Waals surface area contributed by atoms with E-state index < -0.39 is 0 Å². The second kappa shape index (κ2) is 9.53. The van der Waals surface area contributed by atoms with Gasteiger partial charge in [-0.25, -0.2) is 9.28 Å². The van der Waals surface area contributed by atoms with E-state index in [2.05, 4.69) is 44.4 Å². The summed E-state index contributed by atoms with van der Waals surface area (Å²) in [5, 5.41) is 3.99. The molecule has 1 fully saturated rings. The van der Waals surface area contributed by atoms with Crippen LogP contribution in [0.15, 0.2) is 59.5 Å². The van der Waals surface area contributed by atoms with Crippen LogP contribution in [0.3, 0.4) is 0 Å². The fraction of sp³-hybridized carbons (Fsp3) is 0.346. The number of nitrogens with zero attached hydrogens (tertiary/aromatic N) is 3. The summed E-state index contributed by atoms with van der Waals surface area (Å²) in [7, 11) is 0. The number of fused-ring (bicyclic) bond motifs is 2. The first-order valence-corrected chi connectivity index (χ1v) is 12.7. The van der Waals surface area contributed by atoms with Crippen molar-refractivity contribution in [3.63, 3.8) is 0 Å². The molecule has 1 atom stereocenters. The molecule has 3 heterocycles. The number of nitrogens with one attached hydrogen (secondary N) is 1. The first kappa shape index (κ1) is 22.5. The zero-order valence-corrected chi connectivity index (χ0v) is 20.8. The summed E-state index contributed by atoms with van der Waals surface area (Å²) in [5.41, 5.74) is 5.65. The summed E-state index contributed by atoms with van der Waals surface area (Å²) < 4.78 is 1.32. The summed E-state index contributed by atoms with van der Waals surface area (Å²) in [6.07, 6.45) is 10.3. The average Bonchev–Trinajstić information content (AvgIpc) is 3.00. The molecule has 5 nitrogen and oxygen atoms in total.